The number of hydrogen-bond donors (Lipinski definition) is 1. The van der Waals surface area contributed by atoms with Crippen LogP contribution >= 0.6 is 11.6 Å². The zero-order valence-corrected chi connectivity index (χ0v) is 11.1. The van der Waals surface area contributed by atoms with Gasteiger partial charge in [0, 0.05) is 19.1 Å². The molecule has 1 aliphatic carbocycles. The SMILES string of the molecule is Nc1ccc(Cl)c(CN2CCOC3CCCC32)n1. The fourth-order valence-electron chi connectivity index (χ4n) is 3.01. The Kier molecular flexibility index (Phi) is 3.41. The van der Waals surface area contributed by atoms with Crippen molar-refractivity contribution in [3.05, 3.63) is 22.8 Å². The van der Waals surface area contributed by atoms with Gasteiger partial charge in [-0.15, -0.1) is 0 Å². The normalized spacial score (nSPS) is 28.3. The van der Waals surface area contributed by atoms with E-state index in [2.05, 4.69) is 9.88 Å². The lowest BCUT2D eigenvalue weighted by atomic mass is 10.1. The summed E-state index contributed by atoms with van der Waals surface area (Å²) in [6.45, 7) is 2.53. The highest BCUT2D eigenvalue weighted by molar-refractivity contribution is 6.31. The monoisotopic (exact) mass is 267 g/mol. The molecule has 0 aromatic carbocycles. The van der Waals surface area contributed by atoms with Crippen molar-refractivity contribution < 1.29 is 4.74 Å². The average Bonchev–Trinajstić information content (AvgIpc) is 2.83. The molecule has 2 N–H and O–H groups in total. The van der Waals surface area contributed by atoms with Crippen molar-refractivity contribution in [3.8, 4) is 0 Å². The van der Waals surface area contributed by atoms with Crippen molar-refractivity contribution in [1.82, 2.24) is 9.88 Å². The summed E-state index contributed by atoms with van der Waals surface area (Å²) in [5.74, 6) is 0.533. The Balaban J connectivity index is 1.77. The molecule has 2 fully saturated rings. The Morgan fingerprint density at radius 2 is 2.33 bits per heavy atom. The van der Waals surface area contributed by atoms with Crippen LogP contribution in [0.1, 0.15) is 25.0 Å². The van der Waals surface area contributed by atoms with Gasteiger partial charge in [0.15, 0.2) is 0 Å². The quantitative estimate of drug-likeness (QED) is 0.891. The van der Waals surface area contributed by atoms with E-state index in [1.54, 1.807) is 6.07 Å². The third-order valence-corrected chi connectivity index (χ3v) is 4.23. The van der Waals surface area contributed by atoms with Crippen LogP contribution in [0.4, 0.5) is 5.82 Å². The molecular weight excluding hydrogens is 250 g/mol. The van der Waals surface area contributed by atoms with Gasteiger partial charge in [0.1, 0.15) is 5.82 Å². The topological polar surface area (TPSA) is 51.4 Å². The standard InChI is InChI=1S/C13H18ClN3O/c14-9-4-5-13(15)16-10(9)8-17-6-7-18-12-3-1-2-11(12)17/h4-5,11-12H,1-3,6-8H2,(H2,15,16). The van der Waals surface area contributed by atoms with Crippen molar-refractivity contribution in [1.29, 1.82) is 0 Å². The third-order valence-electron chi connectivity index (χ3n) is 3.89. The Labute approximate surface area is 112 Å². The van der Waals surface area contributed by atoms with Gasteiger partial charge >= 0.3 is 0 Å². The second-order valence-corrected chi connectivity index (χ2v) is 5.45. The molecule has 2 heterocycles. The van der Waals surface area contributed by atoms with Crippen LogP contribution in [0.3, 0.4) is 0 Å². The lowest BCUT2D eigenvalue weighted by molar-refractivity contribution is -0.0591. The molecule has 1 aromatic heterocycles. The predicted octanol–water partition coefficient (Wildman–Crippen LogP) is 2.07. The minimum absolute atomic E-state index is 0.401. The maximum Gasteiger partial charge on any atom is 0.123 e. The third kappa shape index (κ3) is 2.32. The molecule has 1 saturated carbocycles. The number of hydrogen-bond acceptors (Lipinski definition) is 4. The van der Waals surface area contributed by atoms with E-state index >= 15 is 0 Å². The van der Waals surface area contributed by atoms with Crippen molar-refractivity contribution in [2.45, 2.75) is 38.0 Å². The van der Waals surface area contributed by atoms with Gasteiger partial charge in [-0.2, -0.15) is 0 Å². The van der Waals surface area contributed by atoms with Gasteiger partial charge in [-0.1, -0.05) is 11.6 Å². The van der Waals surface area contributed by atoms with E-state index in [4.69, 9.17) is 22.1 Å². The second kappa shape index (κ2) is 5.03. The van der Waals surface area contributed by atoms with Gasteiger partial charge < -0.3 is 10.5 Å². The van der Waals surface area contributed by atoms with Crippen LogP contribution in [0.25, 0.3) is 0 Å². The summed E-state index contributed by atoms with van der Waals surface area (Å²) in [6, 6.07) is 4.09. The molecule has 2 aliphatic rings. The largest absolute Gasteiger partial charge is 0.384 e. The highest BCUT2D eigenvalue weighted by Crippen LogP contribution is 2.31. The summed E-state index contributed by atoms with van der Waals surface area (Å²) < 4.78 is 5.80. The maximum absolute atomic E-state index is 6.18. The van der Waals surface area contributed by atoms with Gasteiger partial charge in [-0.3, -0.25) is 4.90 Å². The van der Waals surface area contributed by atoms with Gasteiger partial charge in [-0.05, 0) is 31.4 Å². The Morgan fingerprint density at radius 3 is 3.22 bits per heavy atom. The van der Waals surface area contributed by atoms with Crippen molar-refractivity contribution >= 4 is 17.4 Å². The first kappa shape index (κ1) is 12.2. The van der Waals surface area contributed by atoms with Crippen LogP contribution in [0.2, 0.25) is 5.02 Å². The van der Waals surface area contributed by atoms with Crippen molar-refractivity contribution in [2.75, 3.05) is 18.9 Å². The van der Waals surface area contributed by atoms with Crippen molar-refractivity contribution in [2.24, 2.45) is 0 Å². The van der Waals surface area contributed by atoms with E-state index in [9.17, 15) is 0 Å². The van der Waals surface area contributed by atoms with Gasteiger partial charge in [-0.25, -0.2) is 4.98 Å². The number of aromatic nitrogens is 1. The summed E-state index contributed by atoms with van der Waals surface area (Å²) in [5, 5.41) is 0.699. The molecule has 18 heavy (non-hydrogen) atoms. The molecule has 98 valence electrons. The zero-order valence-electron chi connectivity index (χ0n) is 10.3. The van der Waals surface area contributed by atoms with Crippen molar-refractivity contribution in [3.63, 3.8) is 0 Å². The molecule has 1 aromatic rings. The Hall–Kier alpha value is -0.840. The van der Waals surface area contributed by atoms with Crippen LogP contribution in [0, 0.1) is 0 Å². The summed E-state index contributed by atoms with van der Waals surface area (Å²) in [7, 11) is 0. The summed E-state index contributed by atoms with van der Waals surface area (Å²) in [6.07, 6.45) is 4.05. The van der Waals surface area contributed by atoms with E-state index in [-0.39, 0.29) is 0 Å². The molecule has 1 aliphatic heterocycles. The summed E-state index contributed by atoms with van der Waals surface area (Å²) >= 11 is 6.18. The molecule has 3 rings (SSSR count). The van der Waals surface area contributed by atoms with E-state index in [0.717, 1.165) is 25.4 Å². The molecule has 1 saturated heterocycles. The number of nitrogens with zero attached hydrogens (tertiary/aromatic N) is 2. The minimum Gasteiger partial charge on any atom is -0.384 e. The Bertz CT molecular complexity index is 440. The number of nitrogens with two attached hydrogens (primary N) is 1. The molecule has 0 radical (unpaired) electrons. The first-order valence-corrected chi connectivity index (χ1v) is 6.88. The molecule has 5 heteroatoms. The maximum atomic E-state index is 6.18. The molecule has 0 spiro atoms. The molecule has 2 atom stereocenters. The van der Waals surface area contributed by atoms with Gasteiger partial charge in [0.05, 0.1) is 23.4 Å². The average molecular weight is 268 g/mol. The first-order valence-electron chi connectivity index (χ1n) is 6.50. The minimum atomic E-state index is 0.401. The number of halogens is 1. The first-order chi connectivity index (χ1) is 8.74. The molecular formula is C13H18ClN3O. The number of morpholine rings is 1. The Morgan fingerprint density at radius 1 is 1.44 bits per heavy atom. The second-order valence-electron chi connectivity index (χ2n) is 5.04. The number of ether oxygens (including phenoxy) is 1. The van der Waals surface area contributed by atoms with Crippen LogP contribution in [0.5, 0.6) is 0 Å². The number of anilines is 1. The predicted molar refractivity (Wildman–Crippen MR) is 71.4 cm³/mol. The van der Waals surface area contributed by atoms with Crippen LogP contribution in [0.15, 0.2) is 12.1 Å². The summed E-state index contributed by atoms with van der Waals surface area (Å²) in [4.78, 5) is 6.78. The molecule has 0 bridgehead atoms. The van der Waals surface area contributed by atoms with Gasteiger partial charge in [0.2, 0.25) is 0 Å². The number of fused-ring (bicyclic) bond motifs is 1. The zero-order chi connectivity index (χ0) is 12.5. The highest BCUT2D eigenvalue weighted by atomic mass is 35.5. The molecule has 0 amide bonds. The highest BCUT2D eigenvalue weighted by Gasteiger charge is 2.36. The smallest absolute Gasteiger partial charge is 0.123 e. The fraction of sp³-hybridized carbons (Fsp3) is 0.615. The van der Waals surface area contributed by atoms with Crippen LogP contribution in [-0.4, -0.2) is 35.2 Å². The number of rotatable bonds is 2. The molecule has 4 nitrogen and oxygen atoms in total. The van der Waals surface area contributed by atoms with E-state index in [0.29, 0.717) is 23.0 Å². The number of pyridine rings is 1. The van der Waals surface area contributed by atoms with Crippen LogP contribution < -0.4 is 5.73 Å². The number of nitrogen functional groups attached to an aromatic ring is 1. The van der Waals surface area contributed by atoms with Crippen LogP contribution in [-0.2, 0) is 11.3 Å². The van der Waals surface area contributed by atoms with E-state index in [1.807, 2.05) is 6.07 Å². The molecule has 2 unspecified atom stereocenters. The van der Waals surface area contributed by atoms with E-state index in [1.165, 1.54) is 19.3 Å². The summed E-state index contributed by atoms with van der Waals surface area (Å²) in [5.41, 5.74) is 6.61. The van der Waals surface area contributed by atoms with Gasteiger partial charge in [0.25, 0.3) is 0 Å². The van der Waals surface area contributed by atoms with E-state index < -0.39 is 0 Å². The lowest BCUT2D eigenvalue weighted by Gasteiger charge is -2.37. The lowest BCUT2D eigenvalue weighted by Crippen LogP contribution is -2.48. The fourth-order valence-corrected chi connectivity index (χ4v) is 3.17.